The van der Waals surface area contributed by atoms with Crippen LogP contribution in [0.3, 0.4) is 0 Å². The number of ketones is 2. The summed E-state index contributed by atoms with van der Waals surface area (Å²) in [6, 6.07) is 0. The van der Waals surface area contributed by atoms with Crippen LogP contribution in [0.2, 0.25) is 0 Å². The van der Waals surface area contributed by atoms with Gasteiger partial charge in [-0.15, -0.1) is 0 Å². The number of rotatable bonds is 6. The van der Waals surface area contributed by atoms with E-state index < -0.39 is 10.8 Å². The summed E-state index contributed by atoms with van der Waals surface area (Å²) in [5, 5.41) is 9.93. The summed E-state index contributed by atoms with van der Waals surface area (Å²) in [6.45, 7) is 2.77. The smallest absolute Gasteiger partial charge is 0.210 e. The average Bonchev–Trinajstić information content (AvgIpc) is 2.11. The van der Waals surface area contributed by atoms with Crippen molar-refractivity contribution in [2.45, 2.75) is 26.7 Å². The van der Waals surface area contributed by atoms with Crippen molar-refractivity contribution in [3.8, 4) is 0 Å². The third-order valence-corrected chi connectivity index (χ3v) is 1.86. The van der Waals surface area contributed by atoms with Crippen LogP contribution in [0.1, 0.15) is 26.7 Å². The molecule has 5 nitrogen and oxygen atoms in total. The Morgan fingerprint density at radius 1 is 1.38 bits per heavy atom. The Morgan fingerprint density at radius 3 is 2.31 bits per heavy atom. The molecule has 13 heavy (non-hydrogen) atoms. The summed E-state index contributed by atoms with van der Waals surface area (Å²) in [4.78, 5) is 31.5. The zero-order chi connectivity index (χ0) is 10.4. The quantitative estimate of drug-likeness (QED) is 0.350. The average molecular weight is 187 g/mol. The number of Topliss-reactive ketones (excluding diaryl/α,β-unsaturated/α-hetero) is 2. The zero-order valence-electron chi connectivity index (χ0n) is 7.78. The highest BCUT2D eigenvalue weighted by molar-refractivity contribution is 6.01. The van der Waals surface area contributed by atoms with E-state index in [0.29, 0.717) is 6.42 Å². The summed E-state index contributed by atoms with van der Waals surface area (Å²) in [6.07, 6.45) is 0.144. The lowest BCUT2D eigenvalue weighted by Crippen LogP contribution is -2.22. The van der Waals surface area contributed by atoms with Crippen molar-refractivity contribution in [3.05, 3.63) is 10.1 Å². The Balaban J connectivity index is 3.96. The first-order valence-corrected chi connectivity index (χ1v) is 4.16. The zero-order valence-corrected chi connectivity index (χ0v) is 7.78. The van der Waals surface area contributed by atoms with Crippen molar-refractivity contribution in [2.24, 2.45) is 5.92 Å². The van der Waals surface area contributed by atoms with Crippen LogP contribution in [0.15, 0.2) is 0 Å². The molecule has 0 aromatic heterocycles. The standard InChI is InChI=1S/C8H13NO4/c1-3-7(10)6(2)8(11)4-5-9(12)13/h6H,3-5H2,1-2H3. The molecule has 1 atom stereocenters. The molecule has 0 aliphatic rings. The topological polar surface area (TPSA) is 77.3 Å². The van der Waals surface area contributed by atoms with Gasteiger partial charge in [0.1, 0.15) is 11.6 Å². The molecule has 0 N–H and O–H groups in total. The molecule has 0 radical (unpaired) electrons. The van der Waals surface area contributed by atoms with Crippen molar-refractivity contribution in [2.75, 3.05) is 6.54 Å². The van der Waals surface area contributed by atoms with Crippen molar-refractivity contribution in [1.82, 2.24) is 0 Å². The van der Waals surface area contributed by atoms with Crippen LogP contribution in [0.5, 0.6) is 0 Å². The second-order valence-electron chi connectivity index (χ2n) is 2.81. The van der Waals surface area contributed by atoms with E-state index in [1.165, 1.54) is 6.92 Å². The molecular weight excluding hydrogens is 174 g/mol. The molecule has 0 aromatic carbocycles. The predicted octanol–water partition coefficient (Wildman–Crippen LogP) is 0.837. The normalized spacial score (nSPS) is 12.2. The second-order valence-corrected chi connectivity index (χ2v) is 2.81. The predicted molar refractivity (Wildman–Crippen MR) is 45.9 cm³/mol. The van der Waals surface area contributed by atoms with Crippen LogP contribution in [0.4, 0.5) is 0 Å². The molecule has 74 valence electrons. The van der Waals surface area contributed by atoms with Gasteiger partial charge >= 0.3 is 0 Å². The molecule has 0 aliphatic carbocycles. The van der Waals surface area contributed by atoms with Crippen LogP contribution in [-0.4, -0.2) is 23.0 Å². The van der Waals surface area contributed by atoms with Crippen molar-refractivity contribution >= 4 is 11.6 Å². The molecule has 1 unspecified atom stereocenters. The number of nitrogens with zero attached hydrogens (tertiary/aromatic N) is 1. The lowest BCUT2D eigenvalue weighted by atomic mass is 9.97. The molecule has 0 heterocycles. The van der Waals surface area contributed by atoms with Crippen LogP contribution < -0.4 is 0 Å². The number of hydrogen-bond donors (Lipinski definition) is 0. The molecule has 0 saturated carbocycles. The molecule has 0 aromatic rings. The van der Waals surface area contributed by atoms with Gasteiger partial charge in [-0.1, -0.05) is 6.92 Å². The first kappa shape index (κ1) is 11.7. The van der Waals surface area contributed by atoms with E-state index in [1.807, 2.05) is 0 Å². The Morgan fingerprint density at radius 2 is 1.92 bits per heavy atom. The van der Waals surface area contributed by atoms with Gasteiger partial charge in [0.05, 0.1) is 12.3 Å². The van der Waals surface area contributed by atoms with Crippen LogP contribution >= 0.6 is 0 Å². The van der Waals surface area contributed by atoms with Crippen molar-refractivity contribution < 1.29 is 14.5 Å². The van der Waals surface area contributed by atoms with Crippen molar-refractivity contribution in [3.63, 3.8) is 0 Å². The van der Waals surface area contributed by atoms with Crippen LogP contribution in [0.25, 0.3) is 0 Å². The number of carbonyl (C=O) groups excluding carboxylic acids is 2. The Labute approximate surface area is 76.3 Å². The van der Waals surface area contributed by atoms with E-state index >= 15 is 0 Å². The van der Waals surface area contributed by atoms with Crippen LogP contribution in [0, 0.1) is 16.0 Å². The van der Waals surface area contributed by atoms with Gasteiger partial charge in [0.15, 0.2) is 0 Å². The van der Waals surface area contributed by atoms with Gasteiger partial charge in [-0.3, -0.25) is 19.7 Å². The van der Waals surface area contributed by atoms with E-state index in [-0.39, 0.29) is 24.5 Å². The Bertz CT molecular complexity index is 224. The third-order valence-electron chi connectivity index (χ3n) is 1.86. The maximum absolute atomic E-state index is 11.1. The third kappa shape index (κ3) is 4.35. The number of hydrogen-bond acceptors (Lipinski definition) is 4. The summed E-state index contributed by atoms with van der Waals surface area (Å²) < 4.78 is 0. The van der Waals surface area contributed by atoms with Gasteiger partial charge in [0.2, 0.25) is 6.54 Å². The fourth-order valence-corrected chi connectivity index (χ4v) is 0.904. The summed E-state index contributed by atoms with van der Waals surface area (Å²) in [7, 11) is 0. The van der Waals surface area contributed by atoms with E-state index in [2.05, 4.69) is 0 Å². The minimum atomic E-state index is -0.690. The van der Waals surface area contributed by atoms with Crippen LogP contribution in [-0.2, 0) is 9.59 Å². The number of carbonyl (C=O) groups is 2. The van der Waals surface area contributed by atoms with E-state index in [0.717, 1.165) is 0 Å². The molecule has 0 amide bonds. The van der Waals surface area contributed by atoms with Gasteiger partial charge in [0.25, 0.3) is 0 Å². The highest BCUT2D eigenvalue weighted by Gasteiger charge is 2.20. The Kier molecular flexibility index (Phi) is 4.87. The fraction of sp³-hybridized carbons (Fsp3) is 0.750. The van der Waals surface area contributed by atoms with Crippen molar-refractivity contribution in [1.29, 1.82) is 0 Å². The van der Waals surface area contributed by atoms with E-state index in [1.54, 1.807) is 6.92 Å². The minimum absolute atomic E-state index is 0.153. The molecular formula is C8H13NO4. The largest absolute Gasteiger partial charge is 0.299 e. The van der Waals surface area contributed by atoms with Gasteiger partial charge in [-0.2, -0.15) is 0 Å². The SMILES string of the molecule is CCC(=O)C(C)C(=O)CC[N+](=O)[O-]. The lowest BCUT2D eigenvalue weighted by Gasteiger charge is -2.05. The monoisotopic (exact) mass is 187 g/mol. The fourth-order valence-electron chi connectivity index (χ4n) is 0.904. The number of nitro groups is 1. The van der Waals surface area contributed by atoms with Gasteiger partial charge in [-0.05, 0) is 6.92 Å². The summed E-state index contributed by atoms with van der Waals surface area (Å²) >= 11 is 0. The molecule has 0 spiro atoms. The second kappa shape index (κ2) is 5.40. The first-order valence-electron chi connectivity index (χ1n) is 4.16. The lowest BCUT2D eigenvalue weighted by molar-refractivity contribution is -0.478. The molecule has 0 aliphatic heterocycles. The molecule has 0 fully saturated rings. The van der Waals surface area contributed by atoms with Gasteiger partial charge in [0, 0.05) is 11.3 Å². The molecule has 0 bridgehead atoms. The highest BCUT2D eigenvalue weighted by Crippen LogP contribution is 2.04. The maximum atomic E-state index is 11.1. The van der Waals surface area contributed by atoms with E-state index in [9.17, 15) is 19.7 Å². The van der Waals surface area contributed by atoms with Gasteiger partial charge in [-0.25, -0.2) is 0 Å². The molecule has 0 saturated heterocycles. The minimum Gasteiger partial charge on any atom is -0.299 e. The maximum Gasteiger partial charge on any atom is 0.210 e. The first-order chi connectivity index (χ1) is 5.99. The van der Waals surface area contributed by atoms with Gasteiger partial charge < -0.3 is 0 Å². The van der Waals surface area contributed by atoms with E-state index in [4.69, 9.17) is 0 Å². The summed E-state index contributed by atoms with van der Waals surface area (Å²) in [5.74, 6) is -1.19. The molecule has 0 rings (SSSR count). The highest BCUT2D eigenvalue weighted by atomic mass is 16.6. The molecule has 5 heteroatoms. The summed E-state index contributed by atoms with van der Waals surface area (Å²) in [5.41, 5.74) is 0. The Hall–Kier alpha value is -1.26.